The molecule has 0 radical (unpaired) electrons. The second kappa shape index (κ2) is 5.04. The average molecular weight is 306 g/mol. The second-order valence-electron chi connectivity index (χ2n) is 5.44. The molecule has 19 heavy (non-hydrogen) atoms. The summed E-state index contributed by atoms with van der Waals surface area (Å²) in [6.07, 6.45) is 0.579. The minimum Gasteiger partial charge on any atom is -0.304 e. The largest absolute Gasteiger partial charge is 0.304 e. The first-order valence-corrected chi connectivity index (χ1v) is 8.34. The topological polar surface area (TPSA) is 46.2 Å². The van der Waals surface area contributed by atoms with Crippen LogP contribution in [0.3, 0.4) is 0 Å². The van der Waals surface area contributed by atoms with Gasteiger partial charge in [-0.2, -0.15) is 0 Å². The van der Waals surface area contributed by atoms with Gasteiger partial charge in [0.25, 0.3) is 0 Å². The van der Waals surface area contributed by atoms with Crippen LogP contribution in [0.2, 0.25) is 5.02 Å². The lowest BCUT2D eigenvalue weighted by Gasteiger charge is -2.29. The Bertz CT molecular complexity index is 590. The fourth-order valence-electron chi connectivity index (χ4n) is 2.51. The molecule has 0 saturated carbocycles. The fourth-order valence-corrected chi connectivity index (χ4v) is 4.73. The Morgan fingerprint density at radius 2 is 2.16 bits per heavy atom. The Morgan fingerprint density at radius 1 is 1.47 bits per heavy atom. The van der Waals surface area contributed by atoms with Crippen LogP contribution in [0.4, 0.5) is 4.39 Å². The molecule has 0 aliphatic carbocycles. The van der Waals surface area contributed by atoms with Gasteiger partial charge in [0.05, 0.1) is 16.5 Å². The van der Waals surface area contributed by atoms with Gasteiger partial charge in [0.2, 0.25) is 0 Å². The van der Waals surface area contributed by atoms with E-state index in [9.17, 15) is 12.8 Å². The van der Waals surface area contributed by atoms with Gasteiger partial charge in [-0.05, 0) is 38.0 Å². The van der Waals surface area contributed by atoms with Crippen LogP contribution in [-0.4, -0.2) is 25.5 Å². The molecule has 106 valence electrons. The van der Waals surface area contributed by atoms with Crippen molar-refractivity contribution in [1.82, 2.24) is 5.32 Å². The lowest BCUT2D eigenvalue weighted by atomic mass is 9.98. The van der Waals surface area contributed by atoms with Crippen LogP contribution < -0.4 is 5.32 Å². The molecule has 2 unspecified atom stereocenters. The van der Waals surface area contributed by atoms with E-state index < -0.39 is 21.2 Å². The summed E-state index contributed by atoms with van der Waals surface area (Å²) in [6, 6.07) is 4.51. The van der Waals surface area contributed by atoms with E-state index in [0.29, 0.717) is 6.42 Å². The molecule has 1 aromatic carbocycles. The highest BCUT2D eigenvalue weighted by molar-refractivity contribution is 7.91. The molecule has 3 nitrogen and oxygen atoms in total. The zero-order valence-corrected chi connectivity index (χ0v) is 12.5. The zero-order chi connectivity index (χ0) is 14.3. The third-order valence-corrected chi connectivity index (χ3v) is 5.72. The van der Waals surface area contributed by atoms with Gasteiger partial charge in [-0.1, -0.05) is 17.7 Å². The maximum absolute atomic E-state index is 13.4. The number of benzene rings is 1. The molecule has 1 saturated heterocycles. The van der Waals surface area contributed by atoms with Gasteiger partial charge in [0.15, 0.2) is 9.84 Å². The van der Waals surface area contributed by atoms with E-state index in [2.05, 4.69) is 5.32 Å². The van der Waals surface area contributed by atoms with Crippen molar-refractivity contribution in [3.63, 3.8) is 0 Å². The zero-order valence-electron chi connectivity index (χ0n) is 10.9. The van der Waals surface area contributed by atoms with Crippen molar-refractivity contribution >= 4 is 21.4 Å². The summed E-state index contributed by atoms with van der Waals surface area (Å²) in [5.41, 5.74) is 0.307. The minimum absolute atomic E-state index is 0.0885. The van der Waals surface area contributed by atoms with Crippen molar-refractivity contribution in [2.45, 2.75) is 31.8 Å². The standard InChI is InChI=1S/C13H17ClFNO2S/c1-9(10-3-4-11(14)12(15)7-10)16-13(2)5-6-19(17,18)8-13/h3-4,7,9,16H,5-6,8H2,1-2H3. The van der Waals surface area contributed by atoms with Gasteiger partial charge in [0.1, 0.15) is 5.82 Å². The van der Waals surface area contributed by atoms with E-state index in [1.54, 1.807) is 6.07 Å². The van der Waals surface area contributed by atoms with Gasteiger partial charge < -0.3 is 5.32 Å². The van der Waals surface area contributed by atoms with E-state index in [4.69, 9.17) is 11.6 Å². The summed E-state index contributed by atoms with van der Waals surface area (Å²) in [6.45, 7) is 3.78. The summed E-state index contributed by atoms with van der Waals surface area (Å²) in [7, 11) is -2.95. The average Bonchev–Trinajstić information content (AvgIpc) is 2.56. The molecule has 0 spiro atoms. The van der Waals surface area contributed by atoms with Crippen molar-refractivity contribution in [3.8, 4) is 0 Å². The molecule has 2 rings (SSSR count). The summed E-state index contributed by atoms with van der Waals surface area (Å²) in [4.78, 5) is 0. The molecule has 0 aromatic heterocycles. The molecular formula is C13H17ClFNO2S. The Balaban J connectivity index is 2.13. The third-order valence-electron chi connectivity index (χ3n) is 3.51. The molecule has 1 fully saturated rings. The molecule has 1 aliphatic rings. The molecule has 0 amide bonds. The van der Waals surface area contributed by atoms with Crippen LogP contribution in [0.15, 0.2) is 18.2 Å². The number of halogens is 2. The number of hydrogen-bond acceptors (Lipinski definition) is 3. The van der Waals surface area contributed by atoms with E-state index in [-0.39, 0.29) is 22.6 Å². The first-order chi connectivity index (χ1) is 8.71. The number of sulfone groups is 1. The Labute approximate surface area is 118 Å². The van der Waals surface area contributed by atoms with E-state index in [1.165, 1.54) is 12.1 Å². The van der Waals surface area contributed by atoms with Crippen molar-refractivity contribution in [3.05, 3.63) is 34.6 Å². The molecule has 2 atom stereocenters. The van der Waals surface area contributed by atoms with Crippen LogP contribution in [0.1, 0.15) is 31.9 Å². The Kier molecular flexibility index (Phi) is 3.91. The molecule has 6 heteroatoms. The molecule has 0 bridgehead atoms. The number of hydrogen-bond donors (Lipinski definition) is 1. The quantitative estimate of drug-likeness (QED) is 0.934. The summed E-state index contributed by atoms with van der Waals surface area (Å²) < 4.78 is 36.5. The molecule has 1 aromatic rings. The Hall–Kier alpha value is -0.650. The lowest BCUT2D eigenvalue weighted by Crippen LogP contribution is -2.44. The predicted octanol–water partition coefficient (Wildman–Crippen LogP) is 2.71. The number of nitrogens with one attached hydrogen (secondary N) is 1. The minimum atomic E-state index is -2.95. The highest BCUT2D eigenvalue weighted by Crippen LogP contribution is 2.27. The van der Waals surface area contributed by atoms with E-state index >= 15 is 0 Å². The normalized spacial score (nSPS) is 27.4. The smallest absolute Gasteiger partial charge is 0.152 e. The van der Waals surface area contributed by atoms with Gasteiger partial charge in [-0.3, -0.25) is 0 Å². The third kappa shape index (κ3) is 3.46. The first kappa shape index (κ1) is 14.8. The van der Waals surface area contributed by atoms with Gasteiger partial charge in [-0.15, -0.1) is 0 Å². The maximum Gasteiger partial charge on any atom is 0.152 e. The molecular weight excluding hydrogens is 289 g/mol. The summed E-state index contributed by atoms with van der Waals surface area (Å²) in [5, 5.41) is 3.37. The van der Waals surface area contributed by atoms with Gasteiger partial charge in [0, 0.05) is 11.6 Å². The van der Waals surface area contributed by atoms with Crippen LogP contribution in [0, 0.1) is 5.82 Å². The van der Waals surface area contributed by atoms with E-state index in [1.807, 2.05) is 13.8 Å². The van der Waals surface area contributed by atoms with Crippen molar-refractivity contribution in [1.29, 1.82) is 0 Å². The Morgan fingerprint density at radius 3 is 2.68 bits per heavy atom. The van der Waals surface area contributed by atoms with Crippen LogP contribution >= 0.6 is 11.6 Å². The highest BCUT2D eigenvalue weighted by Gasteiger charge is 2.39. The second-order valence-corrected chi connectivity index (χ2v) is 8.03. The van der Waals surface area contributed by atoms with Crippen molar-refractivity contribution < 1.29 is 12.8 Å². The number of rotatable bonds is 3. The summed E-state index contributed by atoms with van der Waals surface area (Å²) >= 11 is 5.65. The van der Waals surface area contributed by atoms with Crippen LogP contribution in [0.25, 0.3) is 0 Å². The molecule has 1 N–H and O–H groups in total. The first-order valence-electron chi connectivity index (χ1n) is 6.14. The fraction of sp³-hybridized carbons (Fsp3) is 0.538. The predicted molar refractivity (Wildman–Crippen MR) is 74.6 cm³/mol. The van der Waals surface area contributed by atoms with Crippen LogP contribution in [-0.2, 0) is 9.84 Å². The molecule has 1 aliphatic heterocycles. The van der Waals surface area contributed by atoms with Crippen LogP contribution in [0.5, 0.6) is 0 Å². The van der Waals surface area contributed by atoms with Gasteiger partial charge in [-0.25, -0.2) is 12.8 Å². The van der Waals surface area contributed by atoms with Crippen molar-refractivity contribution in [2.24, 2.45) is 0 Å². The molecule has 1 heterocycles. The van der Waals surface area contributed by atoms with E-state index in [0.717, 1.165) is 5.56 Å². The SMILES string of the molecule is CC(NC1(C)CCS(=O)(=O)C1)c1ccc(Cl)c(F)c1. The van der Waals surface area contributed by atoms with Crippen molar-refractivity contribution in [2.75, 3.05) is 11.5 Å². The highest BCUT2D eigenvalue weighted by atomic mass is 35.5. The van der Waals surface area contributed by atoms with Gasteiger partial charge >= 0.3 is 0 Å². The lowest BCUT2D eigenvalue weighted by molar-refractivity contribution is 0.355. The maximum atomic E-state index is 13.4. The monoisotopic (exact) mass is 305 g/mol. The summed E-state index contributed by atoms with van der Waals surface area (Å²) in [5.74, 6) is -0.129.